The molecule has 1 unspecified atom stereocenters. The van der Waals surface area contributed by atoms with Crippen LogP contribution in [0.4, 0.5) is 5.69 Å². The first-order valence-corrected chi connectivity index (χ1v) is 8.52. The third kappa shape index (κ3) is 4.09. The third-order valence-corrected chi connectivity index (χ3v) is 5.15. The summed E-state index contributed by atoms with van der Waals surface area (Å²) >= 11 is 7.29. The summed E-state index contributed by atoms with van der Waals surface area (Å²) in [6.45, 7) is 3.03. The van der Waals surface area contributed by atoms with Gasteiger partial charge in [0.25, 0.3) is 0 Å². The SMILES string of the molecule is CNC(C)c1ccc(N(C)Cc2ccccc2Br)cc1Br. The third-order valence-electron chi connectivity index (χ3n) is 3.69. The number of halogens is 2. The number of nitrogens with one attached hydrogen (secondary N) is 1. The molecule has 1 N–H and O–H groups in total. The molecule has 2 aromatic rings. The van der Waals surface area contributed by atoms with Crippen LogP contribution in [0.1, 0.15) is 24.1 Å². The summed E-state index contributed by atoms with van der Waals surface area (Å²) in [5, 5.41) is 3.27. The number of benzene rings is 2. The zero-order valence-electron chi connectivity index (χ0n) is 12.5. The molecule has 0 saturated carbocycles. The van der Waals surface area contributed by atoms with Crippen molar-refractivity contribution in [3.05, 3.63) is 62.5 Å². The molecule has 112 valence electrons. The zero-order chi connectivity index (χ0) is 15.4. The zero-order valence-corrected chi connectivity index (χ0v) is 15.7. The lowest BCUT2D eigenvalue weighted by molar-refractivity contribution is 0.649. The smallest absolute Gasteiger partial charge is 0.0437 e. The Morgan fingerprint density at radius 2 is 1.81 bits per heavy atom. The summed E-state index contributed by atoms with van der Waals surface area (Å²) in [7, 11) is 4.09. The quantitative estimate of drug-likeness (QED) is 0.733. The van der Waals surface area contributed by atoms with Crippen LogP contribution in [0.15, 0.2) is 51.4 Å². The van der Waals surface area contributed by atoms with E-state index >= 15 is 0 Å². The molecule has 0 aliphatic rings. The number of rotatable bonds is 5. The van der Waals surface area contributed by atoms with E-state index in [1.165, 1.54) is 16.8 Å². The van der Waals surface area contributed by atoms with Crippen molar-refractivity contribution in [1.29, 1.82) is 0 Å². The maximum absolute atomic E-state index is 3.68. The van der Waals surface area contributed by atoms with Crippen LogP contribution in [0.2, 0.25) is 0 Å². The Morgan fingerprint density at radius 3 is 2.43 bits per heavy atom. The Balaban J connectivity index is 2.18. The molecular formula is C17H20Br2N2. The van der Waals surface area contributed by atoms with Crippen LogP contribution in [-0.4, -0.2) is 14.1 Å². The van der Waals surface area contributed by atoms with Gasteiger partial charge < -0.3 is 10.2 Å². The molecule has 0 aromatic heterocycles. The first kappa shape index (κ1) is 16.5. The molecule has 2 rings (SSSR count). The Hall–Kier alpha value is -0.840. The second kappa shape index (κ2) is 7.43. The van der Waals surface area contributed by atoms with Crippen molar-refractivity contribution in [3.63, 3.8) is 0 Å². The molecule has 0 heterocycles. The summed E-state index contributed by atoms with van der Waals surface area (Å²) in [6.07, 6.45) is 0. The Labute approximate surface area is 143 Å². The van der Waals surface area contributed by atoms with Crippen molar-refractivity contribution in [2.75, 3.05) is 19.0 Å². The average Bonchev–Trinajstić information content (AvgIpc) is 2.48. The Morgan fingerprint density at radius 1 is 1.10 bits per heavy atom. The fraction of sp³-hybridized carbons (Fsp3) is 0.294. The first-order valence-electron chi connectivity index (χ1n) is 6.94. The highest BCUT2D eigenvalue weighted by molar-refractivity contribution is 9.10. The summed E-state index contributed by atoms with van der Waals surface area (Å²) in [4.78, 5) is 2.25. The molecule has 0 aliphatic carbocycles. The summed E-state index contributed by atoms with van der Waals surface area (Å²) in [6, 6.07) is 15.2. The van der Waals surface area contributed by atoms with Crippen molar-refractivity contribution in [2.24, 2.45) is 0 Å². The van der Waals surface area contributed by atoms with Crippen molar-refractivity contribution >= 4 is 37.5 Å². The molecule has 0 radical (unpaired) electrons. The minimum Gasteiger partial charge on any atom is -0.370 e. The lowest BCUT2D eigenvalue weighted by Gasteiger charge is -2.22. The van der Waals surface area contributed by atoms with Gasteiger partial charge in [-0.25, -0.2) is 0 Å². The topological polar surface area (TPSA) is 15.3 Å². The molecule has 0 aliphatic heterocycles. The molecule has 0 saturated heterocycles. The highest BCUT2D eigenvalue weighted by atomic mass is 79.9. The Kier molecular flexibility index (Phi) is 5.85. The van der Waals surface area contributed by atoms with Gasteiger partial charge in [0.1, 0.15) is 0 Å². The molecule has 0 fully saturated rings. The van der Waals surface area contributed by atoms with Crippen LogP contribution in [-0.2, 0) is 6.54 Å². The highest BCUT2D eigenvalue weighted by Gasteiger charge is 2.10. The first-order chi connectivity index (χ1) is 10.0. The lowest BCUT2D eigenvalue weighted by Crippen LogP contribution is -2.17. The van der Waals surface area contributed by atoms with Gasteiger partial charge in [-0.15, -0.1) is 0 Å². The number of hydrogen-bond donors (Lipinski definition) is 1. The normalized spacial score (nSPS) is 12.2. The monoisotopic (exact) mass is 410 g/mol. The van der Waals surface area contributed by atoms with Gasteiger partial charge >= 0.3 is 0 Å². The standard InChI is InChI=1S/C17H20Br2N2/c1-12(20-2)15-9-8-14(10-17(15)19)21(3)11-13-6-4-5-7-16(13)18/h4-10,12,20H,11H2,1-3H3. The molecule has 0 bridgehead atoms. The van der Waals surface area contributed by atoms with Crippen molar-refractivity contribution in [1.82, 2.24) is 5.32 Å². The molecule has 0 amide bonds. The highest BCUT2D eigenvalue weighted by Crippen LogP contribution is 2.29. The average molecular weight is 412 g/mol. The van der Waals surface area contributed by atoms with E-state index in [2.05, 4.69) is 92.4 Å². The number of anilines is 1. The summed E-state index contributed by atoms with van der Waals surface area (Å²) in [5.74, 6) is 0. The molecular weight excluding hydrogens is 392 g/mol. The molecule has 4 heteroatoms. The van der Waals surface area contributed by atoms with Crippen LogP contribution < -0.4 is 10.2 Å². The minimum atomic E-state index is 0.335. The predicted molar refractivity (Wildman–Crippen MR) is 97.9 cm³/mol. The molecule has 21 heavy (non-hydrogen) atoms. The fourth-order valence-electron chi connectivity index (χ4n) is 2.23. The molecule has 2 aromatic carbocycles. The van der Waals surface area contributed by atoms with Gasteiger partial charge in [0, 0.05) is 34.3 Å². The van der Waals surface area contributed by atoms with Gasteiger partial charge in [-0.1, -0.05) is 56.1 Å². The Bertz CT molecular complexity index is 613. The van der Waals surface area contributed by atoms with Gasteiger partial charge in [0.05, 0.1) is 0 Å². The largest absolute Gasteiger partial charge is 0.370 e. The number of nitrogens with zero attached hydrogens (tertiary/aromatic N) is 1. The van der Waals surface area contributed by atoms with E-state index in [0.717, 1.165) is 15.5 Å². The van der Waals surface area contributed by atoms with E-state index in [1.807, 2.05) is 13.1 Å². The summed E-state index contributed by atoms with van der Waals surface area (Å²) < 4.78 is 2.29. The molecule has 1 atom stereocenters. The van der Waals surface area contributed by atoms with Crippen LogP contribution in [0.5, 0.6) is 0 Å². The van der Waals surface area contributed by atoms with Crippen molar-refractivity contribution in [2.45, 2.75) is 19.5 Å². The molecule has 2 nitrogen and oxygen atoms in total. The van der Waals surface area contributed by atoms with Crippen molar-refractivity contribution < 1.29 is 0 Å². The second-order valence-electron chi connectivity index (χ2n) is 5.16. The van der Waals surface area contributed by atoms with Crippen LogP contribution in [0.25, 0.3) is 0 Å². The lowest BCUT2D eigenvalue weighted by atomic mass is 10.1. The summed E-state index contributed by atoms with van der Waals surface area (Å²) in [5.41, 5.74) is 3.75. The van der Waals surface area contributed by atoms with Crippen LogP contribution in [0, 0.1) is 0 Å². The van der Waals surface area contributed by atoms with Crippen LogP contribution in [0.3, 0.4) is 0 Å². The second-order valence-corrected chi connectivity index (χ2v) is 6.87. The van der Waals surface area contributed by atoms with Gasteiger partial charge in [0.2, 0.25) is 0 Å². The number of hydrogen-bond acceptors (Lipinski definition) is 2. The minimum absolute atomic E-state index is 0.335. The van der Waals surface area contributed by atoms with E-state index in [9.17, 15) is 0 Å². The van der Waals surface area contributed by atoms with Gasteiger partial charge in [-0.3, -0.25) is 0 Å². The van der Waals surface area contributed by atoms with E-state index in [1.54, 1.807) is 0 Å². The van der Waals surface area contributed by atoms with E-state index in [4.69, 9.17) is 0 Å². The maximum Gasteiger partial charge on any atom is 0.0437 e. The van der Waals surface area contributed by atoms with Crippen LogP contribution >= 0.6 is 31.9 Å². The van der Waals surface area contributed by atoms with E-state index < -0.39 is 0 Å². The van der Waals surface area contributed by atoms with Gasteiger partial charge in [-0.05, 0) is 43.3 Å². The van der Waals surface area contributed by atoms with E-state index in [0.29, 0.717) is 6.04 Å². The van der Waals surface area contributed by atoms with Crippen molar-refractivity contribution in [3.8, 4) is 0 Å². The molecule has 0 spiro atoms. The van der Waals surface area contributed by atoms with Gasteiger partial charge in [-0.2, -0.15) is 0 Å². The van der Waals surface area contributed by atoms with Gasteiger partial charge in [0.15, 0.2) is 0 Å². The fourth-order valence-corrected chi connectivity index (χ4v) is 3.35. The maximum atomic E-state index is 3.68. The predicted octanol–water partition coefficient (Wildman–Crippen LogP) is 5.13. The van der Waals surface area contributed by atoms with E-state index in [-0.39, 0.29) is 0 Å².